The summed E-state index contributed by atoms with van der Waals surface area (Å²) in [7, 11) is 6.02. The Morgan fingerprint density at radius 1 is 1.36 bits per heavy atom. The predicted octanol–water partition coefficient (Wildman–Crippen LogP) is 3.11. The van der Waals surface area contributed by atoms with E-state index in [9.17, 15) is 0 Å². The highest BCUT2D eigenvalue weighted by atomic mass is 35.5. The summed E-state index contributed by atoms with van der Waals surface area (Å²) in [5.41, 5.74) is 4.12. The summed E-state index contributed by atoms with van der Waals surface area (Å²) in [6.45, 7) is 1.65. The van der Waals surface area contributed by atoms with Gasteiger partial charge in [-0.3, -0.25) is 0 Å². The Hall–Kier alpha value is -0.940. The molecule has 0 spiro atoms. The Bertz CT molecular complexity index is 536. The Balaban J connectivity index is 2.05. The van der Waals surface area contributed by atoms with Crippen molar-refractivity contribution in [2.45, 2.75) is 17.8 Å². The topological polar surface area (TPSA) is 27.7 Å². The maximum atomic E-state index is 6.65. The molecular weight excluding hydrogens is 321 g/mol. The van der Waals surface area contributed by atoms with Crippen LogP contribution >= 0.6 is 23.2 Å². The molecule has 0 fully saturated rings. The fourth-order valence-electron chi connectivity index (χ4n) is 2.31. The molecule has 1 aromatic carbocycles. The van der Waals surface area contributed by atoms with Gasteiger partial charge in [-0.15, -0.1) is 0 Å². The first-order valence-electron chi connectivity index (χ1n) is 7.33. The van der Waals surface area contributed by atoms with Crippen LogP contribution in [0.15, 0.2) is 30.5 Å². The van der Waals surface area contributed by atoms with Crippen LogP contribution in [0.5, 0.6) is 5.75 Å². The summed E-state index contributed by atoms with van der Waals surface area (Å²) in [6.07, 6.45) is 5.39. The average molecular weight is 344 g/mol. The van der Waals surface area contributed by atoms with E-state index < -0.39 is 5.00 Å². The van der Waals surface area contributed by atoms with E-state index in [2.05, 4.69) is 24.4 Å². The van der Waals surface area contributed by atoms with Crippen molar-refractivity contribution in [1.29, 1.82) is 0 Å². The highest BCUT2D eigenvalue weighted by Gasteiger charge is 2.33. The van der Waals surface area contributed by atoms with Crippen LogP contribution in [-0.2, 0) is 6.42 Å². The molecule has 22 heavy (non-hydrogen) atoms. The number of rotatable bonds is 7. The zero-order valence-electron chi connectivity index (χ0n) is 13.3. The van der Waals surface area contributed by atoms with Crippen molar-refractivity contribution in [1.82, 2.24) is 15.3 Å². The minimum atomic E-state index is -0.588. The van der Waals surface area contributed by atoms with Gasteiger partial charge in [-0.05, 0) is 44.3 Å². The van der Waals surface area contributed by atoms with Gasteiger partial charge < -0.3 is 15.1 Å². The number of nitrogens with one attached hydrogen (secondary N) is 1. The number of likely N-dealkylation sites (N-methyl/N-ethyl adjacent to an activating group) is 1. The SMILES string of the molecule is CN(C)CCCOc1cc(Cl)ccc1CC1(Cl)C=CNN1C. The summed E-state index contributed by atoms with van der Waals surface area (Å²) in [5.74, 6) is 0.806. The molecule has 0 bridgehead atoms. The number of benzene rings is 1. The number of hydrogen-bond donors (Lipinski definition) is 1. The van der Waals surface area contributed by atoms with Crippen molar-refractivity contribution in [3.8, 4) is 5.75 Å². The number of alkyl halides is 1. The van der Waals surface area contributed by atoms with E-state index in [1.54, 1.807) is 0 Å². The number of nitrogens with zero attached hydrogens (tertiary/aromatic N) is 2. The smallest absolute Gasteiger partial charge is 0.137 e. The quantitative estimate of drug-likeness (QED) is 0.467. The molecule has 2 rings (SSSR count). The van der Waals surface area contributed by atoms with Crippen LogP contribution < -0.4 is 10.2 Å². The molecule has 1 unspecified atom stereocenters. The Morgan fingerprint density at radius 2 is 2.14 bits per heavy atom. The van der Waals surface area contributed by atoms with E-state index in [4.69, 9.17) is 27.9 Å². The second-order valence-electron chi connectivity index (χ2n) is 5.77. The third-order valence-electron chi connectivity index (χ3n) is 3.64. The van der Waals surface area contributed by atoms with Crippen LogP contribution in [0.2, 0.25) is 5.02 Å². The van der Waals surface area contributed by atoms with Crippen molar-refractivity contribution in [3.05, 3.63) is 41.1 Å². The Kier molecular flexibility index (Phi) is 5.98. The molecule has 1 N–H and O–H groups in total. The third-order valence-corrected chi connectivity index (χ3v) is 4.39. The lowest BCUT2D eigenvalue weighted by atomic mass is 10.0. The van der Waals surface area contributed by atoms with Crippen molar-refractivity contribution >= 4 is 23.2 Å². The lowest BCUT2D eigenvalue weighted by Crippen LogP contribution is -2.43. The van der Waals surface area contributed by atoms with Crippen molar-refractivity contribution in [2.75, 3.05) is 34.3 Å². The molecule has 0 amide bonds. The summed E-state index contributed by atoms with van der Waals surface area (Å²) in [6, 6.07) is 5.71. The van der Waals surface area contributed by atoms with Gasteiger partial charge in [0, 0.05) is 31.2 Å². The Morgan fingerprint density at radius 3 is 2.77 bits per heavy atom. The molecule has 0 radical (unpaired) electrons. The maximum absolute atomic E-state index is 6.65. The molecule has 1 aromatic rings. The molecule has 1 aliphatic rings. The van der Waals surface area contributed by atoms with Gasteiger partial charge in [-0.2, -0.15) is 0 Å². The number of halogens is 2. The molecule has 1 heterocycles. The molecule has 0 aromatic heterocycles. The summed E-state index contributed by atoms with van der Waals surface area (Å²) in [5, 5.41) is 2.54. The second kappa shape index (κ2) is 7.55. The predicted molar refractivity (Wildman–Crippen MR) is 92.4 cm³/mol. The Labute approximate surface area is 142 Å². The van der Waals surface area contributed by atoms with Gasteiger partial charge in [0.25, 0.3) is 0 Å². The number of hydrazine groups is 1. The van der Waals surface area contributed by atoms with E-state index in [0.717, 1.165) is 24.3 Å². The van der Waals surface area contributed by atoms with Crippen LogP contribution in [-0.4, -0.2) is 49.2 Å². The van der Waals surface area contributed by atoms with Crippen LogP contribution in [0, 0.1) is 0 Å². The average Bonchev–Trinajstić information content (AvgIpc) is 2.77. The third kappa shape index (κ3) is 4.53. The van der Waals surface area contributed by atoms with E-state index >= 15 is 0 Å². The molecule has 1 atom stereocenters. The zero-order valence-corrected chi connectivity index (χ0v) is 14.8. The lowest BCUT2D eigenvalue weighted by Gasteiger charge is -2.29. The summed E-state index contributed by atoms with van der Waals surface area (Å²) < 4.78 is 5.93. The fourth-order valence-corrected chi connectivity index (χ4v) is 2.73. The van der Waals surface area contributed by atoms with Crippen molar-refractivity contribution < 1.29 is 4.74 Å². The highest BCUT2D eigenvalue weighted by molar-refractivity contribution is 6.30. The molecule has 0 saturated carbocycles. The molecule has 4 nitrogen and oxygen atoms in total. The van der Waals surface area contributed by atoms with Gasteiger partial charge in [-0.25, -0.2) is 5.01 Å². The largest absolute Gasteiger partial charge is 0.493 e. The molecule has 6 heteroatoms. The van der Waals surface area contributed by atoms with E-state index in [1.807, 2.05) is 42.5 Å². The van der Waals surface area contributed by atoms with Crippen LogP contribution in [0.1, 0.15) is 12.0 Å². The van der Waals surface area contributed by atoms with Crippen molar-refractivity contribution in [2.24, 2.45) is 0 Å². The first kappa shape index (κ1) is 17.4. The van der Waals surface area contributed by atoms with Gasteiger partial charge in [0.2, 0.25) is 0 Å². The molecule has 122 valence electrons. The molecular formula is C16H23Cl2N3O. The first-order valence-corrected chi connectivity index (χ1v) is 8.09. The molecule has 1 aliphatic heterocycles. The normalized spacial score (nSPS) is 21.4. The van der Waals surface area contributed by atoms with Gasteiger partial charge in [0.1, 0.15) is 10.7 Å². The minimum Gasteiger partial charge on any atom is -0.493 e. The fraction of sp³-hybridized carbons (Fsp3) is 0.500. The number of hydrogen-bond acceptors (Lipinski definition) is 4. The molecule has 0 saturated heterocycles. The maximum Gasteiger partial charge on any atom is 0.137 e. The van der Waals surface area contributed by atoms with E-state index in [-0.39, 0.29) is 0 Å². The monoisotopic (exact) mass is 343 g/mol. The zero-order chi connectivity index (χ0) is 16.2. The first-order chi connectivity index (χ1) is 10.4. The van der Waals surface area contributed by atoms with Gasteiger partial charge in [-0.1, -0.05) is 29.3 Å². The number of ether oxygens (including phenoxy) is 1. The van der Waals surface area contributed by atoms with Crippen LogP contribution in [0.25, 0.3) is 0 Å². The summed E-state index contributed by atoms with van der Waals surface area (Å²) in [4.78, 5) is 1.55. The van der Waals surface area contributed by atoms with E-state index in [0.29, 0.717) is 18.1 Å². The van der Waals surface area contributed by atoms with Gasteiger partial charge >= 0.3 is 0 Å². The summed E-state index contributed by atoms with van der Waals surface area (Å²) >= 11 is 12.8. The molecule has 0 aliphatic carbocycles. The van der Waals surface area contributed by atoms with E-state index in [1.165, 1.54) is 0 Å². The van der Waals surface area contributed by atoms with Crippen LogP contribution in [0.3, 0.4) is 0 Å². The van der Waals surface area contributed by atoms with Crippen molar-refractivity contribution in [3.63, 3.8) is 0 Å². The minimum absolute atomic E-state index is 0.588. The lowest BCUT2D eigenvalue weighted by molar-refractivity contribution is 0.216. The van der Waals surface area contributed by atoms with Gasteiger partial charge in [0.15, 0.2) is 0 Å². The second-order valence-corrected chi connectivity index (χ2v) is 6.87. The highest BCUT2D eigenvalue weighted by Crippen LogP contribution is 2.33. The van der Waals surface area contributed by atoms with Crippen LogP contribution in [0.4, 0.5) is 0 Å². The standard InChI is InChI=1S/C16H23Cl2N3O/c1-20(2)9-4-10-22-15-11-14(17)6-5-13(15)12-16(18)7-8-19-21(16)3/h5-8,11,19H,4,9-10,12H2,1-3H3. The van der Waals surface area contributed by atoms with Gasteiger partial charge in [0.05, 0.1) is 6.61 Å².